The van der Waals surface area contributed by atoms with E-state index in [1.54, 1.807) is 4.90 Å². The van der Waals surface area contributed by atoms with Gasteiger partial charge in [0.05, 0.1) is 5.56 Å². The molecular formula is C17H18F3N5O. The van der Waals surface area contributed by atoms with E-state index < -0.39 is 11.7 Å². The lowest BCUT2D eigenvalue weighted by Gasteiger charge is -2.33. The van der Waals surface area contributed by atoms with Gasteiger partial charge >= 0.3 is 6.18 Å². The van der Waals surface area contributed by atoms with E-state index in [-0.39, 0.29) is 0 Å². The lowest BCUT2D eigenvalue weighted by molar-refractivity contribution is -0.137. The molecule has 0 spiro atoms. The molecule has 1 amide bonds. The van der Waals surface area contributed by atoms with E-state index in [0.29, 0.717) is 37.8 Å². The molecule has 1 aliphatic rings. The van der Waals surface area contributed by atoms with Crippen molar-refractivity contribution in [3.8, 4) is 0 Å². The first-order valence-corrected chi connectivity index (χ1v) is 8.09. The van der Waals surface area contributed by atoms with Crippen molar-refractivity contribution in [1.82, 2.24) is 14.9 Å². The van der Waals surface area contributed by atoms with E-state index in [1.165, 1.54) is 12.1 Å². The second kappa shape index (κ2) is 7.19. The Bertz CT molecular complexity index is 771. The first-order valence-electron chi connectivity index (χ1n) is 8.09. The van der Waals surface area contributed by atoms with Crippen LogP contribution in [0.2, 0.25) is 0 Å². The van der Waals surface area contributed by atoms with Crippen LogP contribution < -0.4 is 10.2 Å². The van der Waals surface area contributed by atoms with Gasteiger partial charge in [0.2, 0.25) is 12.4 Å². The van der Waals surface area contributed by atoms with Crippen LogP contribution in [0.1, 0.15) is 11.3 Å². The van der Waals surface area contributed by atoms with E-state index in [0.717, 1.165) is 30.1 Å². The fourth-order valence-corrected chi connectivity index (χ4v) is 2.70. The van der Waals surface area contributed by atoms with Gasteiger partial charge in [0.15, 0.2) is 0 Å². The van der Waals surface area contributed by atoms with Gasteiger partial charge in [-0.3, -0.25) is 4.79 Å². The molecule has 1 fully saturated rings. The van der Waals surface area contributed by atoms with E-state index in [9.17, 15) is 18.0 Å². The van der Waals surface area contributed by atoms with Crippen LogP contribution in [0, 0.1) is 6.92 Å². The Morgan fingerprint density at radius 2 is 1.73 bits per heavy atom. The molecule has 0 radical (unpaired) electrons. The molecule has 1 aliphatic heterocycles. The second-order valence-corrected chi connectivity index (χ2v) is 6.02. The SMILES string of the molecule is Cc1cc(N2CCN(C=O)CC2)nc(Nc2ccc(C(F)(F)F)cc2)n1. The standard InChI is InChI=1S/C17H18F3N5O/c1-12-10-15(25-8-6-24(11-26)7-9-25)23-16(21-12)22-14-4-2-13(3-5-14)17(18,19)20/h2-5,10-11H,6-9H2,1H3,(H,21,22,23). The number of benzene rings is 1. The normalized spacial score (nSPS) is 15.1. The van der Waals surface area contributed by atoms with E-state index in [4.69, 9.17) is 0 Å². The first kappa shape index (κ1) is 18.0. The molecule has 9 heteroatoms. The molecular weight excluding hydrogens is 347 g/mol. The van der Waals surface area contributed by atoms with Crippen molar-refractivity contribution in [1.29, 1.82) is 0 Å². The molecule has 0 unspecified atom stereocenters. The average Bonchev–Trinajstić information content (AvgIpc) is 2.61. The highest BCUT2D eigenvalue weighted by atomic mass is 19.4. The summed E-state index contributed by atoms with van der Waals surface area (Å²) in [5.74, 6) is 1.04. The molecule has 1 saturated heterocycles. The Hall–Kier alpha value is -2.84. The number of piperazine rings is 1. The zero-order chi connectivity index (χ0) is 18.7. The Balaban J connectivity index is 1.74. The Morgan fingerprint density at radius 3 is 2.31 bits per heavy atom. The summed E-state index contributed by atoms with van der Waals surface area (Å²) in [4.78, 5) is 23.3. The number of aryl methyl sites for hydroxylation is 1. The first-order chi connectivity index (χ1) is 12.3. The monoisotopic (exact) mass is 365 g/mol. The maximum Gasteiger partial charge on any atom is 0.416 e. The van der Waals surface area contributed by atoms with Crippen molar-refractivity contribution >= 4 is 23.9 Å². The Morgan fingerprint density at radius 1 is 1.08 bits per heavy atom. The van der Waals surface area contributed by atoms with Crippen molar-refractivity contribution in [2.75, 3.05) is 36.4 Å². The summed E-state index contributed by atoms with van der Waals surface area (Å²) in [5.41, 5.74) is 0.504. The third-order valence-electron chi connectivity index (χ3n) is 4.10. The highest BCUT2D eigenvalue weighted by molar-refractivity contribution is 5.56. The van der Waals surface area contributed by atoms with Crippen LogP contribution in [-0.2, 0) is 11.0 Å². The smallest absolute Gasteiger partial charge is 0.353 e. The number of nitrogens with one attached hydrogen (secondary N) is 1. The number of amides is 1. The van der Waals surface area contributed by atoms with Crippen LogP contribution in [0.3, 0.4) is 0 Å². The van der Waals surface area contributed by atoms with Gasteiger partial charge in [0.25, 0.3) is 0 Å². The summed E-state index contributed by atoms with van der Waals surface area (Å²) in [6.07, 6.45) is -3.53. The van der Waals surface area contributed by atoms with Crippen LogP contribution in [0.4, 0.5) is 30.6 Å². The Kier molecular flexibility index (Phi) is 4.97. The number of rotatable bonds is 4. The summed E-state index contributed by atoms with van der Waals surface area (Å²) in [5, 5.41) is 2.94. The molecule has 1 aromatic heterocycles. The number of hydrogen-bond donors (Lipinski definition) is 1. The number of carbonyl (C=O) groups excluding carboxylic acids is 1. The van der Waals surface area contributed by atoms with Crippen molar-refractivity contribution < 1.29 is 18.0 Å². The molecule has 1 N–H and O–H groups in total. The zero-order valence-corrected chi connectivity index (χ0v) is 14.1. The van der Waals surface area contributed by atoms with Gasteiger partial charge < -0.3 is 15.1 Å². The molecule has 3 rings (SSSR count). The zero-order valence-electron chi connectivity index (χ0n) is 14.1. The van der Waals surface area contributed by atoms with Gasteiger partial charge in [-0.2, -0.15) is 18.2 Å². The van der Waals surface area contributed by atoms with Crippen molar-refractivity contribution in [2.45, 2.75) is 13.1 Å². The number of carbonyl (C=O) groups is 1. The van der Waals surface area contributed by atoms with Crippen LogP contribution in [0.15, 0.2) is 30.3 Å². The number of halogens is 3. The quantitative estimate of drug-likeness (QED) is 0.845. The molecule has 0 saturated carbocycles. The lowest BCUT2D eigenvalue weighted by atomic mass is 10.2. The van der Waals surface area contributed by atoms with E-state index in [2.05, 4.69) is 15.3 Å². The van der Waals surface area contributed by atoms with Crippen LogP contribution in [-0.4, -0.2) is 47.5 Å². The molecule has 0 atom stereocenters. The summed E-state index contributed by atoms with van der Waals surface area (Å²) < 4.78 is 37.9. The van der Waals surface area contributed by atoms with Gasteiger partial charge in [-0.1, -0.05) is 0 Å². The summed E-state index contributed by atoms with van der Waals surface area (Å²) >= 11 is 0. The minimum atomic E-state index is -4.37. The third-order valence-corrected chi connectivity index (χ3v) is 4.10. The van der Waals surface area contributed by atoms with Crippen LogP contribution in [0.25, 0.3) is 0 Å². The summed E-state index contributed by atoms with van der Waals surface area (Å²) in [6.45, 7) is 4.39. The minimum absolute atomic E-state index is 0.317. The molecule has 1 aromatic carbocycles. The fraction of sp³-hybridized carbons (Fsp3) is 0.353. The van der Waals surface area contributed by atoms with Gasteiger partial charge in [0, 0.05) is 43.6 Å². The van der Waals surface area contributed by atoms with Crippen LogP contribution >= 0.6 is 0 Å². The number of anilines is 3. The molecule has 2 heterocycles. The average molecular weight is 365 g/mol. The molecule has 0 aliphatic carbocycles. The van der Waals surface area contributed by atoms with Gasteiger partial charge in [-0.15, -0.1) is 0 Å². The lowest BCUT2D eigenvalue weighted by Crippen LogP contribution is -2.46. The summed E-state index contributed by atoms with van der Waals surface area (Å²) in [6, 6.07) is 6.55. The largest absolute Gasteiger partial charge is 0.416 e. The number of nitrogens with zero attached hydrogens (tertiary/aromatic N) is 4. The maximum atomic E-state index is 12.6. The predicted octanol–water partition coefficient (Wildman–Crippen LogP) is 2.83. The Labute approximate surface area is 148 Å². The molecule has 0 bridgehead atoms. The van der Waals surface area contributed by atoms with Gasteiger partial charge in [-0.05, 0) is 31.2 Å². The molecule has 6 nitrogen and oxygen atoms in total. The number of aromatic nitrogens is 2. The fourth-order valence-electron chi connectivity index (χ4n) is 2.70. The van der Waals surface area contributed by atoms with E-state index in [1.807, 2.05) is 17.9 Å². The van der Waals surface area contributed by atoms with Gasteiger partial charge in [0.1, 0.15) is 5.82 Å². The molecule has 2 aromatic rings. The van der Waals surface area contributed by atoms with Crippen molar-refractivity contribution in [3.05, 3.63) is 41.6 Å². The topological polar surface area (TPSA) is 61.4 Å². The number of alkyl halides is 3. The molecule has 138 valence electrons. The van der Waals surface area contributed by atoms with Gasteiger partial charge in [-0.25, -0.2) is 4.98 Å². The molecule has 26 heavy (non-hydrogen) atoms. The maximum absolute atomic E-state index is 12.6. The highest BCUT2D eigenvalue weighted by Crippen LogP contribution is 2.30. The van der Waals surface area contributed by atoms with E-state index >= 15 is 0 Å². The third kappa shape index (κ3) is 4.22. The second-order valence-electron chi connectivity index (χ2n) is 6.02. The highest BCUT2D eigenvalue weighted by Gasteiger charge is 2.30. The van der Waals surface area contributed by atoms with Crippen molar-refractivity contribution in [2.24, 2.45) is 0 Å². The predicted molar refractivity (Wildman–Crippen MR) is 91.3 cm³/mol. The minimum Gasteiger partial charge on any atom is -0.353 e. The summed E-state index contributed by atoms with van der Waals surface area (Å²) in [7, 11) is 0. The van der Waals surface area contributed by atoms with Crippen LogP contribution in [0.5, 0.6) is 0 Å². The van der Waals surface area contributed by atoms with Crippen molar-refractivity contribution in [3.63, 3.8) is 0 Å². The number of hydrogen-bond acceptors (Lipinski definition) is 5.